The van der Waals surface area contributed by atoms with Gasteiger partial charge in [0.15, 0.2) is 0 Å². The van der Waals surface area contributed by atoms with Gasteiger partial charge in [-0.3, -0.25) is 0 Å². The van der Waals surface area contributed by atoms with E-state index in [-0.39, 0.29) is 18.0 Å². The van der Waals surface area contributed by atoms with Gasteiger partial charge in [0.25, 0.3) is 0 Å². The number of amides is 2. The van der Waals surface area contributed by atoms with Crippen LogP contribution in [0.4, 0.5) is 9.18 Å². The number of aryl methyl sites for hydroxylation is 1. The second kappa shape index (κ2) is 7.25. The van der Waals surface area contributed by atoms with E-state index in [1.54, 1.807) is 23.1 Å². The van der Waals surface area contributed by atoms with Crippen molar-refractivity contribution < 1.29 is 13.9 Å². The third-order valence-corrected chi connectivity index (χ3v) is 3.85. The second-order valence-corrected chi connectivity index (χ2v) is 5.77. The third kappa shape index (κ3) is 4.18. The number of aromatic nitrogens is 2. The predicted molar refractivity (Wildman–Crippen MR) is 86.0 cm³/mol. The monoisotopic (exact) mass is 330 g/mol. The zero-order chi connectivity index (χ0) is 16.9. The van der Waals surface area contributed by atoms with Gasteiger partial charge in [0.2, 0.25) is 5.88 Å². The van der Waals surface area contributed by atoms with Gasteiger partial charge in [-0.05, 0) is 30.7 Å². The molecule has 0 saturated carbocycles. The molecule has 126 valence electrons. The lowest BCUT2D eigenvalue weighted by atomic mass is 10.2. The minimum absolute atomic E-state index is 0.0847. The minimum Gasteiger partial charge on any atom is -0.471 e. The Morgan fingerprint density at radius 1 is 1.29 bits per heavy atom. The van der Waals surface area contributed by atoms with Crippen molar-refractivity contribution in [3.05, 3.63) is 53.5 Å². The van der Waals surface area contributed by atoms with Crippen molar-refractivity contribution in [3.63, 3.8) is 0 Å². The van der Waals surface area contributed by atoms with Gasteiger partial charge in [0.1, 0.15) is 11.9 Å². The van der Waals surface area contributed by atoms with Crippen LogP contribution >= 0.6 is 0 Å². The number of ether oxygens (including phenoxy) is 1. The highest BCUT2D eigenvalue weighted by Crippen LogP contribution is 2.16. The quantitative estimate of drug-likeness (QED) is 0.934. The molecule has 1 atom stereocenters. The van der Waals surface area contributed by atoms with E-state index in [1.807, 2.05) is 13.0 Å². The van der Waals surface area contributed by atoms with Gasteiger partial charge < -0.3 is 15.0 Å². The van der Waals surface area contributed by atoms with Gasteiger partial charge >= 0.3 is 6.03 Å². The molecular weight excluding hydrogens is 311 g/mol. The Labute approximate surface area is 139 Å². The first-order chi connectivity index (χ1) is 11.6. The Kier molecular flexibility index (Phi) is 4.88. The van der Waals surface area contributed by atoms with Crippen molar-refractivity contribution in [3.8, 4) is 5.88 Å². The van der Waals surface area contributed by atoms with Gasteiger partial charge in [0, 0.05) is 25.6 Å². The van der Waals surface area contributed by atoms with Gasteiger partial charge in [-0.25, -0.2) is 9.18 Å². The van der Waals surface area contributed by atoms with Gasteiger partial charge in [-0.2, -0.15) is 5.10 Å². The summed E-state index contributed by atoms with van der Waals surface area (Å²) < 4.78 is 18.6. The van der Waals surface area contributed by atoms with Crippen LogP contribution in [0, 0.1) is 12.7 Å². The summed E-state index contributed by atoms with van der Waals surface area (Å²) in [4.78, 5) is 13.9. The molecule has 1 aliphatic heterocycles. The molecule has 2 heterocycles. The van der Waals surface area contributed by atoms with E-state index in [9.17, 15) is 9.18 Å². The van der Waals surface area contributed by atoms with Crippen molar-refractivity contribution in [2.75, 3.05) is 13.1 Å². The molecule has 2 aromatic rings. The SMILES string of the molecule is Cc1ccc(O[C@H]2CCN(C(=O)NCc3ccc(F)cc3)C2)nn1. The number of urea groups is 1. The number of nitrogens with zero attached hydrogens (tertiary/aromatic N) is 3. The molecular formula is C17H19FN4O2. The average molecular weight is 330 g/mol. The van der Waals surface area contributed by atoms with E-state index in [4.69, 9.17) is 4.74 Å². The number of benzene rings is 1. The number of hydrogen-bond donors (Lipinski definition) is 1. The van der Waals surface area contributed by atoms with Crippen molar-refractivity contribution >= 4 is 6.03 Å². The standard InChI is InChI=1S/C17H19FN4O2/c1-12-2-7-16(21-20-12)24-15-8-9-22(11-15)17(23)19-10-13-3-5-14(18)6-4-13/h2-7,15H,8-11H2,1H3,(H,19,23)/t15-/m0/s1. The summed E-state index contributed by atoms with van der Waals surface area (Å²) >= 11 is 0. The maximum atomic E-state index is 12.9. The van der Waals surface area contributed by atoms with Crippen molar-refractivity contribution in [1.29, 1.82) is 0 Å². The van der Waals surface area contributed by atoms with Gasteiger partial charge in [-0.1, -0.05) is 12.1 Å². The van der Waals surface area contributed by atoms with E-state index in [0.29, 0.717) is 25.5 Å². The van der Waals surface area contributed by atoms with Crippen LogP contribution in [-0.4, -0.2) is 40.3 Å². The Bertz CT molecular complexity index is 691. The lowest BCUT2D eigenvalue weighted by Gasteiger charge is -2.17. The summed E-state index contributed by atoms with van der Waals surface area (Å²) in [5.74, 6) is 0.183. The number of likely N-dealkylation sites (tertiary alicyclic amines) is 1. The lowest BCUT2D eigenvalue weighted by Crippen LogP contribution is -2.39. The lowest BCUT2D eigenvalue weighted by molar-refractivity contribution is 0.182. The number of rotatable bonds is 4. The summed E-state index contributed by atoms with van der Waals surface area (Å²) in [5, 5.41) is 10.8. The van der Waals surface area contributed by atoms with E-state index in [2.05, 4.69) is 15.5 Å². The summed E-state index contributed by atoms with van der Waals surface area (Å²) in [6.45, 7) is 3.36. The molecule has 1 aromatic carbocycles. The molecule has 2 amide bonds. The largest absolute Gasteiger partial charge is 0.471 e. The van der Waals surface area contributed by atoms with E-state index < -0.39 is 0 Å². The fourth-order valence-corrected chi connectivity index (χ4v) is 2.52. The normalized spacial score (nSPS) is 16.9. The fourth-order valence-electron chi connectivity index (χ4n) is 2.52. The minimum atomic E-state index is -0.288. The van der Waals surface area contributed by atoms with Crippen LogP contribution in [0.3, 0.4) is 0 Å². The molecule has 0 unspecified atom stereocenters. The number of hydrogen-bond acceptors (Lipinski definition) is 4. The zero-order valence-electron chi connectivity index (χ0n) is 13.4. The first-order valence-electron chi connectivity index (χ1n) is 7.84. The molecule has 1 aromatic heterocycles. The topological polar surface area (TPSA) is 67.3 Å². The van der Waals surface area contributed by atoms with Crippen LogP contribution < -0.4 is 10.1 Å². The van der Waals surface area contributed by atoms with Crippen LogP contribution in [0.1, 0.15) is 17.7 Å². The Morgan fingerprint density at radius 2 is 2.08 bits per heavy atom. The van der Waals surface area contributed by atoms with Crippen LogP contribution in [0.2, 0.25) is 0 Å². The molecule has 1 N–H and O–H groups in total. The Hall–Kier alpha value is -2.70. The van der Waals surface area contributed by atoms with Crippen molar-refractivity contribution in [2.24, 2.45) is 0 Å². The maximum absolute atomic E-state index is 12.9. The number of carbonyl (C=O) groups excluding carboxylic acids is 1. The van der Waals surface area contributed by atoms with E-state index in [0.717, 1.165) is 17.7 Å². The molecule has 0 bridgehead atoms. The van der Waals surface area contributed by atoms with Crippen LogP contribution in [-0.2, 0) is 6.54 Å². The first kappa shape index (κ1) is 16.2. The van der Waals surface area contributed by atoms with Gasteiger partial charge in [-0.15, -0.1) is 5.10 Å². The Morgan fingerprint density at radius 3 is 2.79 bits per heavy atom. The van der Waals surface area contributed by atoms with Crippen LogP contribution in [0.15, 0.2) is 36.4 Å². The number of carbonyl (C=O) groups is 1. The predicted octanol–water partition coefficient (Wildman–Crippen LogP) is 2.29. The molecule has 24 heavy (non-hydrogen) atoms. The van der Waals surface area contributed by atoms with E-state index >= 15 is 0 Å². The zero-order valence-corrected chi connectivity index (χ0v) is 13.4. The van der Waals surface area contributed by atoms with E-state index in [1.165, 1.54) is 12.1 Å². The average Bonchev–Trinajstić information content (AvgIpc) is 3.05. The van der Waals surface area contributed by atoms with Gasteiger partial charge in [0.05, 0.1) is 12.2 Å². The molecule has 7 heteroatoms. The fraction of sp³-hybridized carbons (Fsp3) is 0.353. The summed E-state index contributed by atoms with van der Waals surface area (Å²) in [5.41, 5.74) is 1.68. The molecule has 0 spiro atoms. The summed E-state index contributed by atoms with van der Waals surface area (Å²) in [7, 11) is 0. The summed E-state index contributed by atoms with van der Waals surface area (Å²) in [6.07, 6.45) is 0.665. The highest BCUT2D eigenvalue weighted by Gasteiger charge is 2.27. The highest BCUT2D eigenvalue weighted by molar-refractivity contribution is 5.74. The van der Waals surface area contributed by atoms with Crippen molar-refractivity contribution in [1.82, 2.24) is 20.4 Å². The van der Waals surface area contributed by atoms with Crippen molar-refractivity contribution in [2.45, 2.75) is 26.0 Å². The number of nitrogens with one attached hydrogen (secondary N) is 1. The maximum Gasteiger partial charge on any atom is 0.317 e. The molecule has 6 nitrogen and oxygen atoms in total. The molecule has 1 fully saturated rings. The third-order valence-electron chi connectivity index (χ3n) is 3.85. The second-order valence-electron chi connectivity index (χ2n) is 5.77. The summed E-state index contributed by atoms with van der Waals surface area (Å²) in [6, 6.07) is 9.53. The first-order valence-corrected chi connectivity index (χ1v) is 7.84. The molecule has 0 radical (unpaired) electrons. The smallest absolute Gasteiger partial charge is 0.317 e. The number of halogens is 1. The molecule has 1 aliphatic rings. The molecule has 3 rings (SSSR count). The Balaban J connectivity index is 1.46. The molecule has 1 saturated heterocycles. The molecule has 0 aliphatic carbocycles. The highest BCUT2D eigenvalue weighted by atomic mass is 19.1. The van der Waals surface area contributed by atoms with Crippen LogP contribution in [0.5, 0.6) is 5.88 Å². The van der Waals surface area contributed by atoms with Crippen LogP contribution in [0.25, 0.3) is 0 Å².